The van der Waals surface area contributed by atoms with Gasteiger partial charge >= 0.3 is 11.9 Å². The second-order valence-corrected chi connectivity index (χ2v) is 11.2. The molecule has 0 aromatic rings. The van der Waals surface area contributed by atoms with Crippen LogP contribution in [0.5, 0.6) is 0 Å². The summed E-state index contributed by atoms with van der Waals surface area (Å²) in [6.07, 6.45) is 0.783. The first-order chi connectivity index (χ1) is 16.8. The third kappa shape index (κ3) is 3.52. The number of esters is 2. The van der Waals surface area contributed by atoms with E-state index in [0.717, 1.165) is 13.0 Å². The fourth-order valence-electron chi connectivity index (χ4n) is 7.61. The highest BCUT2D eigenvalue weighted by Crippen LogP contribution is 2.70. The molecule has 9 heteroatoms. The molecule has 0 heterocycles. The molecule has 4 aliphatic rings. The number of Topliss-reactive ketones (excluding diaryl/α,β-unsaturated/α-hetero) is 1. The lowest BCUT2D eigenvalue weighted by Crippen LogP contribution is -2.70. The van der Waals surface area contributed by atoms with Gasteiger partial charge in [0.05, 0.1) is 6.10 Å². The number of hydrogen-bond acceptors (Lipinski definition) is 7. The van der Waals surface area contributed by atoms with Gasteiger partial charge in [0, 0.05) is 30.1 Å². The van der Waals surface area contributed by atoms with E-state index in [2.05, 4.69) is 0 Å². The van der Waals surface area contributed by atoms with E-state index in [4.69, 9.17) is 9.47 Å². The van der Waals surface area contributed by atoms with Crippen molar-refractivity contribution in [2.45, 2.75) is 89.8 Å². The van der Waals surface area contributed by atoms with Crippen LogP contribution in [0.4, 0.5) is 8.78 Å². The van der Waals surface area contributed by atoms with Crippen LogP contribution < -0.4 is 0 Å². The molecule has 4 rings (SSSR count). The lowest BCUT2D eigenvalue weighted by atomic mass is 9.44. The highest BCUT2D eigenvalue weighted by molar-refractivity contribution is 6.01. The maximum absolute atomic E-state index is 17.2. The molecule has 0 amide bonds. The molecule has 7 nitrogen and oxygen atoms in total. The zero-order chi connectivity index (χ0) is 26.7. The number of rotatable bonds is 6. The molecule has 198 valence electrons. The number of ether oxygens (including phenoxy) is 2. The molecule has 3 fully saturated rings. The lowest BCUT2D eigenvalue weighted by molar-refractivity contribution is -0.229. The normalized spacial score (nSPS) is 43.1. The van der Waals surface area contributed by atoms with Gasteiger partial charge in [-0.1, -0.05) is 19.9 Å². The van der Waals surface area contributed by atoms with Crippen LogP contribution in [0.25, 0.3) is 0 Å². The molecule has 36 heavy (non-hydrogen) atoms. The van der Waals surface area contributed by atoms with Crippen molar-refractivity contribution in [1.82, 2.24) is 0 Å². The van der Waals surface area contributed by atoms with Crippen molar-refractivity contribution in [3.8, 4) is 0 Å². The van der Waals surface area contributed by atoms with Gasteiger partial charge in [0.25, 0.3) is 0 Å². The molecule has 0 spiro atoms. The summed E-state index contributed by atoms with van der Waals surface area (Å²) in [7, 11) is 0. The molecule has 0 aromatic heterocycles. The fourth-order valence-corrected chi connectivity index (χ4v) is 7.61. The monoisotopic (exact) mass is 508 g/mol. The second-order valence-electron chi connectivity index (χ2n) is 11.2. The Morgan fingerprint density at radius 3 is 2.56 bits per heavy atom. The van der Waals surface area contributed by atoms with Crippen molar-refractivity contribution in [1.29, 1.82) is 0 Å². The van der Waals surface area contributed by atoms with Gasteiger partial charge in [-0.05, 0) is 62.7 Å². The quantitative estimate of drug-likeness (QED) is 0.547. The largest absolute Gasteiger partial charge is 0.458 e. The average molecular weight is 509 g/mol. The summed E-state index contributed by atoms with van der Waals surface area (Å²) >= 11 is 0. The van der Waals surface area contributed by atoms with Crippen molar-refractivity contribution < 1.29 is 42.5 Å². The van der Waals surface area contributed by atoms with E-state index < -0.39 is 76.3 Å². The number of alkyl halides is 2. The predicted molar refractivity (Wildman–Crippen MR) is 124 cm³/mol. The fraction of sp³-hybridized carbons (Fsp3) is 0.704. The van der Waals surface area contributed by atoms with Crippen LogP contribution in [0.15, 0.2) is 23.8 Å². The molecule has 0 unspecified atom stereocenters. The third-order valence-corrected chi connectivity index (χ3v) is 9.35. The van der Waals surface area contributed by atoms with E-state index in [-0.39, 0.29) is 37.7 Å². The van der Waals surface area contributed by atoms with Crippen molar-refractivity contribution >= 4 is 23.5 Å². The molecule has 4 aliphatic carbocycles. The number of halogens is 2. The number of aliphatic hydroxyl groups is 1. The van der Waals surface area contributed by atoms with E-state index >= 15 is 8.78 Å². The van der Waals surface area contributed by atoms with Crippen LogP contribution in [0, 0.1) is 22.7 Å². The molecule has 0 saturated heterocycles. The van der Waals surface area contributed by atoms with Crippen molar-refractivity contribution in [3.05, 3.63) is 23.8 Å². The summed E-state index contributed by atoms with van der Waals surface area (Å²) in [5.74, 6) is -3.96. The number of aliphatic hydroxyl groups excluding tert-OH is 1. The van der Waals surface area contributed by atoms with Gasteiger partial charge in [-0.3, -0.25) is 19.2 Å². The molecule has 0 radical (unpaired) electrons. The minimum atomic E-state index is -2.30. The zero-order valence-corrected chi connectivity index (χ0v) is 21.1. The van der Waals surface area contributed by atoms with Gasteiger partial charge in [0.15, 0.2) is 23.7 Å². The first-order valence-electron chi connectivity index (χ1n) is 12.6. The second kappa shape index (κ2) is 8.85. The number of hydrogen-bond donors (Lipinski definition) is 1. The summed E-state index contributed by atoms with van der Waals surface area (Å²) in [5, 5.41) is 11.4. The Balaban J connectivity index is 1.80. The van der Waals surface area contributed by atoms with Gasteiger partial charge in [0.1, 0.15) is 6.17 Å². The average Bonchev–Trinajstić information content (AvgIpc) is 3.08. The van der Waals surface area contributed by atoms with Crippen LogP contribution >= 0.6 is 0 Å². The Hall–Kier alpha value is -2.42. The molecule has 1 N–H and O–H groups in total. The summed E-state index contributed by atoms with van der Waals surface area (Å²) in [4.78, 5) is 49.6. The van der Waals surface area contributed by atoms with Crippen molar-refractivity contribution in [3.63, 3.8) is 0 Å². The summed E-state index contributed by atoms with van der Waals surface area (Å²) in [5.41, 5.74) is -6.80. The highest BCUT2D eigenvalue weighted by Gasteiger charge is 2.76. The minimum absolute atomic E-state index is 0.0148. The predicted octanol–water partition coefficient (Wildman–Crippen LogP) is 3.52. The molecule has 0 aromatic carbocycles. The summed E-state index contributed by atoms with van der Waals surface area (Å²) < 4.78 is 43.6. The number of allylic oxidation sites excluding steroid dienone is 4. The van der Waals surface area contributed by atoms with Gasteiger partial charge in [0.2, 0.25) is 5.78 Å². The minimum Gasteiger partial charge on any atom is -0.458 e. The van der Waals surface area contributed by atoms with Gasteiger partial charge in [-0.25, -0.2) is 8.78 Å². The van der Waals surface area contributed by atoms with Crippen LogP contribution in [0.3, 0.4) is 0 Å². The number of carbonyl (C=O) groups excluding carboxylic acids is 4. The maximum Gasteiger partial charge on any atom is 0.306 e. The molecule has 8 atom stereocenters. The van der Waals surface area contributed by atoms with Gasteiger partial charge in [-0.2, -0.15) is 0 Å². The number of carbonyl (C=O) groups is 4. The van der Waals surface area contributed by atoms with Gasteiger partial charge < -0.3 is 14.6 Å². The molecule has 0 aliphatic heterocycles. The standard InChI is InChI=1S/C27H34F2O7/c1-5-6-23(34)36-26(22(33)14-35-15(2)30)10-8-17-18-12-20(28)19-11-16(31)7-9-24(19,3)27(18,29)21(32)13-25(17,26)4/h7,9,11,17-18,20-21,32H,5-6,8,10,12-14H2,1-4H3/t17-,18-,20+,21-,24+,25-,26-,27-/m1/s1. The maximum atomic E-state index is 17.2. The Morgan fingerprint density at radius 2 is 1.92 bits per heavy atom. The van der Waals surface area contributed by atoms with E-state index in [1.54, 1.807) is 13.8 Å². The lowest BCUT2D eigenvalue weighted by Gasteiger charge is -2.63. The summed E-state index contributed by atoms with van der Waals surface area (Å²) in [6.45, 7) is 5.50. The van der Waals surface area contributed by atoms with Crippen molar-refractivity contribution in [2.75, 3.05) is 6.61 Å². The van der Waals surface area contributed by atoms with E-state index in [0.29, 0.717) is 6.42 Å². The third-order valence-electron chi connectivity index (χ3n) is 9.35. The summed E-state index contributed by atoms with van der Waals surface area (Å²) in [6, 6.07) is 0. The Bertz CT molecular complexity index is 1050. The SMILES string of the molecule is CCCC(=O)O[C@@]1(C(=O)COC(C)=O)CC[C@@H]2[C@H]3C[C@H](F)C4=CC(=O)C=C[C@]4(C)[C@]3(F)[C@H](O)C[C@]21C. The smallest absolute Gasteiger partial charge is 0.306 e. The van der Waals surface area contributed by atoms with E-state index in [9.17, 15) is 24.3 Å². The first-order valence-corrected chi connectivity index (χ1v) is 12.6. The van der Waals surface area contributed by atoms with Crippen LogP contribution in [0.1, 0.15) is 66.2 Å². The Morgan fingerprint density at radius 1 is 1.22 bits per heavy atom. The van der Waals surface area contributed by atoms with Crippen LogP contribution in [0.2, 0.25) is 0 Å². The van der Waals surface area contributed by atoms with E-state index in [1.807, 2.05) is 0 Å². The van der Waals surface area contributed by atoms with E-state index in [1.165, 1.54) is 19.1 Å². The highest BCUT2D eigenvalue weighted by atomic mass is 19.1. The molecule has 0 bridgehead atoms. The van der Waals surface area contributed by atoms with Crippen LogP contribution in [-0.2, 0) is 28.7 Å². The Kier molecular flexibility index (Phi) is 6.55. The first kappa shape index (κ1) is 26.6. The molecular weight excluding hydrogens is 474 g/mol. The Labute approximate surface area is 209 Å². The molecular formula is C27H34F2O7. The zero-order valence-electron chi connectivity index (χ0n) is 21.1. The topological polar surface area (TPSA) is 107 Å². The number of fused-ring (bicyclic) bond motifs is 5. The van der Waals surface area contributed by atoms with Crippen molar-refractivity contribution in [2.24, 2.45) is 22.7 Å². The molecule has 3 saturated carbocycles. The van der Waals surface area contributed by atoms with Crippen LogP contribution in [-0.4, -0.2) is 58.8 Å². The number of ketones is 2. The van der Waals surface area contributed by atoms with Gasteiger partial charge in [-0.15, -0.1) is 0 Å².